The van der Waals surface area contributed by atoms with E-state index in [-0.39, 0.29) is 5.54 Å². The van der Waals surface area contributed by atoms with Crippen LogP contribution in [0.25, 0.3) is 0 Å². The van der Waals surface area contributed by atoms with Crippen molar-refractivity contribution in [1.29, 1.82) is 0 Å². The van der Waals surface area contributed by atoms with Crippen LogP contribution in [-0.4, -0.2) is 21.4 Å². The third-order valence-electron chi connectivity index (χ3n) is 2.14. The molecule has 1 aliphatic rings. The second-order valence-electron chi connectivity index (χ2n) is 3.26. The van der Waals surface area contributed by atoms with Gasteiger partial charge in [-0.15, -0.1) is 0 Å². The lowest BCUT2D eigenvalue weighted by atomic mass is 10.3. The fourth-order valence-electron chi connectivity index (χ4n) is 1.11. The fourth-order valence-corrected chi connectivity index (χ4v) is 1.80. The Morgan fingerprint density at radius 1 is 1.67 bits per heavy atom. The van der Waals surface area contributed by atoms with Crippen LogP contribution in [0.15, 0.2) is 0 Å². The van der Waals surface area contributed by atoms with E-state index in [0.29, 0.717) is 6.54 Å². The van der Waals surface area contributed by atoms with Gasteiger partial charge >= 0.3 is 0 Å². The summed E-state index contributed by atoms with van der Waals surface area (Å²) >= 11 is 1.40. The molecule has 0 saturated heterocycles. The van der Waals surface area contributed by atoms with Crippen molar-refractivity contribution < 1.29 is 0 Å². The highest BCUT2D eigenvalue weighted by molar-refractivity contribution is 7.09. The average molecular weight is 184 g/mol. The van der Waals surface area contributed by atoms with Crippen molar-refractivity contribution in [3.8, 4) is 0 Å². The van der Waals surface area contributed by atoms with Gasteiger partial charge < -0.3 is 11.1 Å². The van der Waals surface area contributed by atoms with Gasteiger partial charge in [-0.2, -0.15) is 4.37 Å². The summed E-state index contributed by atoms with van der Waals surface area (Å²) in [6.45, 7) is 2.58. The van der Waals surface area contributed by atoms with Crippen molar-refractivity contribution >= 4 is 16.7 Å². The van der Waals surface area contributed by atoms with Crippen LogP contribution in [0.3, 0.4) is 0 Å². The first-order valence-corrected chi connectivity index (χ1v) is 4.80. The number of rotatable bonds is 3. The molecule has 1 aliphatic carbocycles. The minimum atomic E-state index is 0.145. The molecule has 2 rings (SSSR count). The largest absolute Gasteiger partial charge is 0.354 e. The molecule has 0 amide bonds. The topological polar surface area (TPSA) is 63.8 Å². The van der Waals surface area contributed by atoms with Gasteiger partial charge in [0.2, 0.25) is 5.13 Å². The Bertz CT molecular complexity index is 279. The van der Waals surface area contributed by atoms with Crippen LogP contribution in [-0.2, 0) is 0 Å². The minimum Gasteiger partial charge on any atom is -0.354 e. The normalized spacial score (nSPS) is 19.2. The van der Waals surface area contributed by atoms with Crippen molar-refractivity contribution in [3.63, 3.8) is 0 Å². The van der Waals surface area contributed by atoms with Gasteiger partial charge in [0, 0.05) is 18.1 Å². The molecule has 5 heteroatoms. The van der Waals surface area contributed by atoms with Gasteiger partial charge in [0.15, 0.2) is 0 Å². The third-order valence-corrected chi connectivity index (χ3v) is 2.87. The minimum absolute atomic E-state index is 0.145. The van der Waals surface area contributed by atoms with Crippen molar-refractivity contribution in [2.24, 2.45) is 5.73 Å². The third kappa shape index (κ3) is 1.42. The maximum absolute atomic E-state index is 5.62. The van der Waals surface area contributed by atoms with Gasteiger partial charge in [-0.1, -0.05) is 0 Å². The Hall–Kier alpha value is -0.680. The lowest BCUT2D eigenvalue weighted by Crippen LogP contribution is -2.30. The zero-order valence-electron chi connectivity index (χ0n) is 7.00. The maximum atomic E-state index is 5.62. The molecule has 0 bridgehead atoms. The quantitative estimate of drug-likeness (QED) is 0.727. The molecule has 1 aromatic rings. The summed E-state index contributed by atoms with van der Waals surface area (Å²) in [5.74, 6) is 0.829. The summed E-state index contributed by atoms with van der Waals surface area (Å²) < 4.78 is 4.09. The second-order valence-corrected chi connectivity index (χ2v) is 4.01. The lowest BCUT2D eigenvalue weighted by molar-refractivity contribution is 0.740. The SMILES string of the molecule is Cc1nsc(NC2(CN)CC2)n1. The summed E-state index contributed by atoms with van der Waals surface area (Å²) in [6.07, 6.45) is 2.31. The van der Waals surface area contributed by atoms with Crippen molar-refractivity contribution in [2.75, 3.05) is 11.9 Å². The number of hydrogen-bond donors (Lipinski definition) is 2. The number of nitrogens with one attached hydrogen (secondary N) is 1. The van der Waals surface area contributed by atoms with E-state index in [4.69, 9.17) is 5.73 Å². The predicted octanol–water partition coefficient (Wildman–Crippen LogP) is 0.750. The predicted molar refractivity (Wildman–Crippen MR) is 49.3 cm³/mol. The molecule has 4 nitrogen and oxygen atoms in total. The van der Waals surface area contributed by atoms with E-state index in [1.165, 1.54) is 11.5 Å². The zero-order chi connectivity index (χ0) is 8.60. The Morgan fingerprint density at radius 3 is 2.83 bits per heavy atom. The summed E-state index contributed by atoms with van der Waals surface area (Å²) in [6, 6.07) is 0. The number of nitrogens with two attached hydrogens (primary N) is 1. The molecule has 12 heavy (non-hydrogen) atoms. The van der Waals surface area contributed by atoms with Crippen LogP contribution >= 0.6 is 11.5 Å². The van der Waals surface area contributed by atoms with Gasteiger partial charge in [0.05, 0.1) is 5.54 Å². The summed E-state index contributed by atoms with van der Waals surface area (Å²) in [7, 11) is 0. The van der Waals surface area contributed by atoms with E-state index in [1.54, 1.807) is 0 Å². The van der Waals surface area contributed by atoms with E-state index in [1.807, 2.05) is 6.92 Å². The summed E-state index contributed by atoms with van der Waals surface area (Å²) in [5, 5.41) is 4.22. The smallest absolute Gasteiger partial charge is 0.203 e. The van der Waals surface area contributed by atoms with E-state index >= 15 is 0 Å². The van der Waals surface area contributed by atoms with Crippen LogP contribution in [0.5, 0.6) is 0 Å². The molecule has 0 unspecified atom stereocenters. The molecule has 1 aromatic heterocycles. The van der Waals surface area contributed by atoms with Crippen molar-refractivity contribution in [2.45, 2.75) is 25.3 Å². The molecule has 3 N–H and O–H groups in total. The standard InChI is InChI=1S/C7H12N4S/c1-5-9-6(12-11-5)10-7(4-8)2-3-7/h2-4,8H2,1H3,(H,9,10,11). The molecule has 1 heterocycles. The fraction of sp³-hybridized carbons (Fsp3) is 0.714. The molecule has 66 valence electrons. The van der Waals surface area contributed by atoms with Crippen LogP contribution in [0.2, 0.25) is 0 Å². The maximum Gasteiger partial charge on any atom is 0.203 e. The molecule has 0 radical (unpaired) electrons. The van der Waals surface area contributed by atoms with Gasteiger partial charge in [-0.3, -0.25) is 0 Å². The monoisotopic (exact) mass is 184 g/mol. The zero-order valence-corrected chi connectivity index (χ0v) is 7.82. The molecule has 0 atom stereocenters. The molecule has 0 aliphatic heterocycles. The highest BCUT2D eigenvalue weighted by atomic mass is 32.1. The Balaban J connectivity index is 2.04. The van der Waals surface area contributed by atoms with E-state index < -0.39 is 0 Å². The number of hydrogen-bond acceptors (Lipinski definition) is 5. The Morgan fingerprint density at radius 2 is 2.42 bits per heavy atom. The van der Waals surface area contributed by atoms with Crippen LogP contribution in [0.1, 0.15) is 18.7 Å². The molecular weight excluding hydrogens is 172 g/mol. The van der Waals surface area contributed by atoms with Crippen LogP contribution in [0, 0.1) is 6.92 Å². The number of aromatic nitrogens is 2. The van der Waals surface area contributed by atoms with E-state index in [2.05, 4.69) is 14.7 Å². The van der Waals surface area contributed by atoms with Gasteiger partial charge in [-0.05, 0) is 19.8 Å². The van der Waals surface area contributed by atoms with Gasteiger partial charge in [0.25, 0.3) is 0 Å². The summed E-state index contributed by atoms with van der Waals surface area (Å²) in [4.78, 5) is 4.22. The average Bonchev–Trinajstić information content (AvgIpc) is 2.71. The molecule has 0 spiro atoms. The van der Waals surface area contributed by atoms with Crippen LogP contribution < -0.4 is 11.1 Å². The first-order valence-electron chi connectivity index (χ1n) is 4.03. The molecule has 1 saturated carbocycles. The highest BCUT2D eigenvalue weighted by Crippen LogP contribution is 2.37. The lowest BCUT2D eigenvalue weighted by Gasteiger charge is -2.12. The Labute approximate surface area is 75.4 Å². The molecule has 1 fully saturated rings. The van der Waals surface area contributed by atoms with Gasteiger partial charge in [-0.25, -0.2) is 4.98 Å². The van der Waals surface area contributed by atoms with Crippen molar-refractivity contribution in [1.82, 2.24) is 9.36 Å². The summed E-state index contributed by atoms with van der Waals surface area (Å²) in [5.41, 5.74) is 5.76. The van der Waals surface area contributed by atoms with E-state index in [9.17, 15) is 0 Å². The Kier molecular flexibility index (Phi) is 1.77. The number of aryl methyl sites for hydroxylation is 1. The van der Waals surface area contributed by atoms with E-state index in [0.717, 1.165) is 23.8 Å². The number of nitrogens with zero attached hydrogens (tertiary/aromatic N) is 2. The van der Waals surface area contributed by atoms with Crippen LogP contribution in [0.4, 0.5) is 5.13 Å². The first kappa shape index (κ1) is 7.94. The number of anilines is 1. The van der Waals surface area contributed by atoms with Crippen molar-refractivity contribution in [3.05, 3.63) is 5.82 Å². The van der Waals surface area contributed by atoms with Gasteiger partial charge in [0.1, 0.15) is 5.82 Å². The second kappa shape index (κ2) is 2.67. The molecular formula is C7H12N4S. The molecule has 0 aromatic carbocycles. The first-order chi connectivity index (χ1) is 5.74. The highest BCUT2D eigenvalue weighted by Gasteiger charge is 2.41.